The van der Waals surface area contributed by atoms with Crippen molar-refractivity contribution in [3.8, 4) is 0 Å². The number of halogens is 3. The first-order valence-corrected chi connectivity index (χ1v) is 6.09. The van der Waals surface area contributed by atoms with Crippen LogP contribution in [-0.4, -0.2) is 39.9 Å². The third kappa shape index (κ3) is 6.76. The summed E-state index contributed by atoms with van der Waals surface area (Å²) in [6.07, 6.45) is -4.54. The number of aliphatic hydroxyl groups is 2. The van der Waals surface area contributed by atoms with Crippen molar-refractivity contribution in [2.75, 3.05) is 0 Å². The fourth-order valence-corrected chi connectivity index (χ4v) is 1.02. The molecule has 0 fully saturated rings. The van der Waals surface area contributed by atoms with Gasteiger partial charge < -0.3 is 15.7 Å². The van der Waals surface area contributed by atoms with Gasteiger partial charge in [-0.3, -0.25) is 0 Å². The topological polar surface area (TPSA) is 109 Å². The number of benzene rings is 1. The summed E-state index contributed by atoms with van der Waals surface area (Å²) in [5, 5.41) is 26.7. The van der Waals surface area contributed by atoms with E-state index in [4.69, 9.17) is 23.3 Å². The van der Waals surface area contributed by atoms with E-state index in [1.54, 1.807) is 27.7 Å². The van der Waals surface area contributed by atoms with Crippen LogP contribution in [0.2, 0.25) is 0 Å². The van der Waals surface area contributed by atoms with Crippen molar-refractivity contribution >= 4 is 19.0 Å². The maximum atomic E-state index is 12.3. The molecule has 126 valence electrons. The molecule has 1 aromatic rings. The Balaban J connectivity index is 0. The molecule has 0 aliphatic carbocycles. The molecule has 0 aromatic heterocycles. The largest absolute Gasteiger partial charge is 0.421 e. The summed E-state index contributed by atoms with van der Waals surface area (Å²) in [7, 11) is 5.13. The average molecular weight is 324 g/mol. The van der Waals surface area contributed by atoms with Crippen LogP contribution >= 0.6 is 0 Å². The maximum Gasteiger partial charge on any atom is 0.421 e. The van der Waals surface area contributed by atoms with Crippen molar-refractivity contribution in [3.63, 3.8) is 0 Å². The number of quaternary nitrogens is 1. The first kappa shape index (κ1) is 23.1. The normalized spacial score (nSPS) is 12.1. The molecule has 0 unspecified atom stereocenters. The van der Waals surface area contributed by atoms with Gasteiger partial charge in [0.1, 0.15) is 13.4 Å². The van der Waals surface area contributed by atoms with E-state index in [1.165, 1.54) is 6.07 Å². The molecule has 9 heteroatoms. The van der Waals surface area contributed by atoms with Crippen LogP contribution in [0.15, 0.2) is 18.2 Å². The van der Waals surface area contributed by atoms with E-state index in [9.17, 15) is 13.2 Å². The van der Waals surface area contributed by atoms with Crippen LogP contribution in [0.4, 0.5) is 18.9 Å². The summed E-state index contributed by atoms with van der Waals surface area (Å²) in [6, 6.07) is 3.61. The number of rotatable bonds is 2. The van der Waals surface area contributed by atoms with Crippen molar-refractivity contribution in [1.82, 2.24) is 0 Å². The van der Waals surface area contributed by atoms with Crippen molar-refractivity contribution in [2.45, 2.75) is 45.1 Å². The van der Waals surface area contributed by atoms with Crippen LogP contribution in [0.5, 0.6) is 0 Å². The smallest absolute Gasteiger partial charge is 0.412 e. The molecule has 0 saturated carbocycles. The quantitative estimate of drug-likeness (QED) is 0.343. The molecule has 1 aromatic carbocycles. The van der Waals surface area contributed by atoms with Crippen LogP contribution in [-0.2, 0) is 6.18 Å². The Labute approximate surface area is 128 Å². The molecule has 0 spiro atoms. The molecule has 7 N–H and O–H groups in total. The highest BCUT2D eigenvalue weighted by Gasteiger charge is 2.36. The minimum Gasteiger partial charge on any atom is -0.412 e. The van der Waals surface area contributed by atoms with Gasteiger partial charge in [0.2, 0.25) is 0 Å². The summed E-state index contributed by atoms with van der Waals surface area (Å²) in [5.41, 5.74) is -3.35. The molecule has 0 atom stereocenters. The van der Waals surface area contributed by atoms with Gasteiger partial charge in [-0.15, -0.1) is 0 Å². The molecule has 0 aliphatic heterocycles. The number of nitrogens with two attached hydrogens (primary N) is 1. The molecule has 1 rings (SSSR count). The van der Waals surface area contributed by atoms with Crippen LogP contribution < -0.4 is 10.9 Å². The highest BCUT2D eigenvalue weighted by Crippen LogP contribution is 2.30. The summed E-state index contributed by atoms with van der Waals surface area (Å²) >= 11 is 0. The minimum absolute atomic E-state index is 0. The Bertz CT molecular complexity index is 456. The Kier molecular flexibility index (Phi) is 8.35. The van der Waals surface area contributed by atoms with E-state index in [1.807, 2.05) is 0 Å². The molecule has 0 aliphatic rings. The van der Waals surface area contributed by atoms with E-state index in [2.05, 4.69) is 0 Å². The summed E-state index contributed by atoms with van der Waals surface area (Å²) < 4.78 is 36.9. The third-order valence-electron chi connectivity index (χ3n) is 3.05. The second kappa shape index (κ2) is 7.93. The van der Waals surface area contributed by atoms with E-state index in [0.717, 1.165) is 12.1 Å². The molecular weight excluding hydrogens is 302 g/mol. The van der Waals surface area contributed by atoms with Gasteiger partial charge in [-0.1, -0.05) is 17.6 Å². The second-order valence-electron chi connectivity index (χ2n) is 5.56. The molecule has 0 amide bonds. The van der Waals surface area contributed by atoms with E-state index in [0.29, 0.717) is 5.48 Å². The van der Waals surface area contributed by atoms with Crippen LogP contribution in [0.25, 0.3) is 0 Å². The van der Waals surface area contributed by atoms with Gasteiger partial charge in [-0.2, -0.15) is 18.7 Å². The summed E-state index contributed by atoms with van der Waals surface area (Å²) in [5.74, 6) is 0. The van der Waals surface area contributed by atoms with Crippen molar-refractivity contribution < 1.29 is 39.5 Å². The zero-order chi connectivity index (χ0) is 17.1. The molecule has 0 bridgehead atoms. The van der Waals surface area contributed by atoms with Crippen molar-refractivity contribution in [1.29, 1.82) is 0 Å². The first-order valence-electron chi connectivity index (χ1n) is 6.09. The zero-order valence-corrected chi connectivity index (χ0v) is 12.9. The van der Waals surface area contributed by atoms with Crippen LogP contribution in [0.1, 0.15) is 33.3 Å². The lowest BCUT2D eigenvalue weighted by atomic mass is 9.89. The third-order valence-corrected chi connectivity index (χ3v) is 3.05. The first-order chi connectivity index (χ1) is 9.21. The molecule has 5 nitrogen and oxygen atoms in total. The SMILES string of the molecule is CC(C)(O)C(C)(C)O.O.[B]c1cccc([NH2+]O)c1C(F)(F)F. The van der Waals surface area contributed by atoms with Crippen LogP contribution in [0, 0.1) is 0 Å². The lowest BCUT2D eigenvalue weighted by Crippen LogP contribution is -2.74. The summed E-state index contributed by atoms with van der Waals surface area (Å²) in [4.78, 5) is 0. The fourth-order valence-electron chi connectivity index (χ4n) is 1.02. The highest BCUT2D eigenvalue weighted by atomic mass is 19.4. The predicted molar refractivity (Wildman–Crippen MR) is 76.4 cm³/mol. The maximum absolute atomic E-state index is 12.3. The molecule has 22 heavy (non-hydrogen) atoms. The van der Waals surface area contributed by atoms with E-state index in [-0.39, 0.29) is 11.2 Å². The van der Waals surface area contributed by atoms with Gasteiger partial charge in [0.05, 0.1) is 11.2 Å². The Hall–Kier alpha value is -1.13. The summed E-state index contributed by atoms with van der Waals surface area (Å²) in [6.45, 7) is 6.31. The van der Waals surface area contributed by atoms with Gasteiger partial charge in [0.25, 0.3) is 0 Å². The number of hydrogen-bond acceptors (Lipinski definition) is 3. The number of alkyl halides is 3. The molecule has 2 radical (unpaired) electrons. The average Bonchev–Trinajstić information content (AvgIpc) is 2.24. The van der Waals surface area contributed by atoms with Gasteiger partial charge in [-0.05, 0) is 27.7 Å². The Morgan fingerprint density at radius 1 is 1.00 bits per heavy atom. The Morgan fingerprint density at radius 3 is 1.64 bits per heavy atom. The Morgan fingerprint density at radius 2 is 1.41 bits per heavy atom. The lowest BCUT2D eigenvalue weighted by Gasteiger charge is -2.31. The van der Waals surface area contributed by atoms with Crippen LogP contribution in [0.3, 0.4) is 0 Å². The lowest BCUT2D eigenvalue weighted by molar-refractivity contribution is -0.826. The standard InChI is InChI=1S/C7H5BF3NO.C6H14O2.H2O/c8-4-2-1-3-5(12-13)6(4)7(9,10)11;1-5(2,7)6(3,4)8;/h1-3,12-13H;7-8H,1-4H3;1H2/p+1. The second-order valence-corrected chi connectivity index (χ2v) is 5.56. The van der Waals surface area contributed by atoms with Gasteiger partial charge >= 0.3 is 6.18 Å². The van der Waals surface area contributed by atoms with E-state index >= 15 is 0 Å². The molecule has 0 saturated heterocycles. The zero-order valence-electron chi connectivity index (χ0n) is 12.9. The van der Waals surface area contributed by atoms with Crippen molar-refractivity contribution in [2.24, 2.45) is 0 Å². The monoisotopic (exact) mass is 324 g/mol. The fraction of sp³-hybridized carbons (Fsp3) is 0.538. The highest BCUT2D eigenvalue weighted by molar-refractivity contribution is 6.33. The molecule has 0 heterocycles. The van der Waals surface area contributed by atoms with Crippen molar-refractivity contribution in [3.05, 3.63) is 23.8 Å². The minimum atomic E-state index is -4.54. The van der Waals surface area contributed by atoms with Gasteiger partial charge in [0.15, 0.2) is 5.69 Å². The van der Waals surface area contributed by atoms with Gasteiger partial charge in [0, 0.05) is 6.07 Å². The van der Waals surface area contributed by atoms with Gasteiger partial charge in [-0.25, -0.2) is 5.21 Å². The predicted octanol–water partition coefficient (Wildman–Crippen LogP) is -0.213. The molecular formula is C13H22BF3NO4+. The number of hydrogen-bond donors (Lipinski definition) is 4. The van der Waals surface area contributed by atoms with E-state index < -0.39 is 28.4 Å².